The molecule has 0 saturated carbocycles. The van der Waals surface area contributed by atoms with Crippen molar-refractivity contribution in [1.29, 1.82) is 0 Å². The van der Waals surface area contributed by atoms with Gasteiger partial charge in [-0.2, -0.15) is 0 Å². The van der Waals surface area contributed by atoms with Gasteiger partial charge in [0, 0.05) is 19.1 Å². The first-order chi connectivity index (χ1) is 9.35. The summed E-state index contributed by atoms with van der Waals surface area (Å²) in [7, 11) is 1.50. The highest BCUT2D eigenvalue weighted by Crippen LogP contribution is 2.35. The Morgan fingerprint density at radius 3 is 2.60 bits per heavy atom. The number of ether oxygens (including phenoxy) is 1. The molecule has 2 N–H and O–H groups in total. The normalized spacial score (nSPS) is 11.1. The lowest BCUT2D eigenvalue weighted by Gasteiger charge is -2.26. The first kappa shape index (κ1) is 16.8. The second kappa shape index (κ2) is 7.50. The second-order valence-corrected chi connectivity index (χ2v) is 5.69. The maximum atomic E-state index is 10.7. The zero-order valence-corrected chi connectivity index (χ0v) is 13.5. The van der Waals surface area contributed by atoms with Crippen molar-refractivity contribution in [2.24, 2.45) is 0 Å². The SMILES string of the molecule is COc1cc(CN(CCC(=O)O)C(C)C)cc(Br)c1O. The number of hydrogen-bond acceptors (Lipinski definition) is 4. The summed E-state index contributed by atoms with van der Waals surface area (Å²) in [6, 6.07) is 3.80. The second-order valence-electron chi connectivity index (χ2n) is 4.84. The fourth-order valence-electron chi connectivity index (χ4n) is 1.87. The number of carboxylic acid groups (broad SMARTS) is 1. The highest BCUT2D eigenvalue weighted by molar-refractivity contribution is 9.10. The van der Waals surface area contributed by atoms with Crippen molar-refractivity contribution in [3.8, 4) is 11.5 Å². The van der Waals surface area contributed by atoms with Crippen molar-refractivity contribution < 1.29 is 19.7 Å². The average Bonchev–Trinajstić information content (AvgIpc) is 2.37. The molecule has 0 radical (unpaired) electrons. The monoisotopic (exact) mass is 345 g/mol. The molecule has 0 unspecified atom stereocenters. The van der Waals surface area contributed by atoms with Crippen molar-refractivity contribution in [3.05, 3.63) is 22.2 Å². The van der Waals surface area contributed by atoms with Crippen LogP contribution in [0.1, 0.15) is 25.8 Å². The van der Waals surface area contributed by atoms with Crippen molar-refractivity contribution >= 4 is 21.9 Å². The molecule has 0 bridgehead atoms. The number of halogens is 1. The van der Waals surface area contributed by atoms with Crippen LogP contribution in [0.3, 0.4) is 0 Å². The lowest BCUT2D eigenvalue weighted by molar-refractivity contribution is -0.137. The number of rotatable bonds is 7. The number of carboxylic acids is 1. The van der Waals surface area contributed by atoms with Gasteiger partial charge in [-0.15, -0.1) is 0 Å². The third kappa shape index (κ3) is 4.68. The lowest BCUT2D eigenvalue weighted by Crippen LogP contribution is -2.32. The predicted octanol–water partition coefficient (Wildman–Crippen LogP) is 2.85. The van der Waals surface area contributed by atoms with Gasteiger partial charge in [0.15, 0.2) is 11.5 Å². The quantitative estimate of drug-likeness (QED) is 0.795. The summed E-state index contributed by atoms with van der Waals surface area (Å²) in [5.41, 5.74) is 0.950. The minimum Gasteiger partial charge on any atom is -0.503 e. The molecule has 0 aromatic heterocycles. The van der Waals surface area contributed by atoms with Crippen LogP contribution in [-0.2, 0) is 11.3 Å². The lowest BCUT2D eigenvalue weighted by atomic mass is 10.1. The molecule has 0 atom stereocenters. The Morgan fingerprint density at radius 2 is 2.10 bits per heavy atom. The number of benzene rings is 1. The van der Waals surface area contributed by atoms with Crippen LogP contribution in [0, 0.1) is 0 Å². The van der Waals surface area contributed by atoms with E-state index in [0.29, 0.717) is 23.3 Å². The molecule has 5 nitrogen and oxygen atoms in total. The van der Waals surface area contributed by atoms with E-state index in [1.807, 2.05) is 19.9 Å². The number of aromatic hydroxyl groups is 1. The minimum absolute atomic E-state index is 0.0675. The van der Waals surface area contributed by atoms with Crippen LogP contribution in [0.4, 0.5) is 0 Å². The summed E-state index contributed by atoms with van der Waals surface area (Å²) < 4.78 is 5.68. The zero-order valence-electron chi connectivity index (χ0n) is 11.9. The van der Waals surface area contributed by atoms with E-state index in [0.717, 1.165) is 5.56 Å². The Labute approximate surface area is 127 Å². The molecule has 0 spiro atoms. The molecule has 6 heteroatoms. The number of phenolic OH excluding ortho intramolecular Hbond substituents is 1. The van der Waals surface area contributed by atoms with E-state index in [2.05, 4.69) is 20.8 Å². The van der Waals surface area contributed by atoms with Crippen molar-refractivity contribution in [2.75, 3.05) is 13.7 Å². The number of phenols is 1. The minimum atomic E-state index is -0.805. The van der Waals surface area contributed by atoms with Crippen LogP contribution >= 0.6 is 15.9 Å². The Balaban J connectivity index is 2.88. The third-order valence-electron chi connectivity index (χ3n) is 3.04. The van der Waals surface area contributed by atoms with Gasteiger partial charge in [0.25, 0.3) is 0 Å². The van der Waals surface area contributed by atoms with Crippen LogP contribution in [0.2, 0.25) is 0 Å². The van der Waals surface area contributed by atoms with Crippen LogP contribution in [0.5, 0.6) is 11.5 Å². The Morgan fingerprint density at radius 1 is 1.45 bits per heavy atom. The highest BCUT2D eigenvalue weighted by Gasteiger charge is 2.15. The summed E-state index contributed by atoms with van der Waals surface area (Å²) in [6.45, 7) is 5.12. The molecule has 1 rings (SSSR count). The Bertz CT molecular complexity index is 476. The molecular weight excluding hydrogens is 326 g/mol. The van der Waals surface area contributed by atoms with E-state index in [1.54, 1.807) is 6.07 Å². The molecule has 0 amide bonds. The van der Waals surface area contributed by atoms with Crippen LogP contribution in [0.25, 0.3) is 0 Å². The Kier molecular flexibility index (Phi) is 6.29. The summed E-state index contributed by atoms with van der Waals surface area (Å²) in [6.07, 6.45) is 0.106. The number of aliphatic carboxylic acids is 1. The molecule has 20 heavy (non-hydrogen) atoms. The molecule has 0 saturated heterocycles. The molecule has 0 aliphatic heterocycles. The van der Waals surface area contributed by atoms with Crippen LogP contribution in [0.15, 0.2) is 16.6 Å². The molecule has 0 aliphatic carbocycles. The molecule has 0 heterocycles. The summed E-state index contributed by atoms with van der Waals surface area (Å²) in [5.74, 6) is -0.339. The van der Waals surface area contributed by atoms with Gasteiger partial charge in [-0.05, 0) is 47.5 Å². The van der Waals surface area contributed by atoms with Gasteiger partial charge >= 0.3 is 5.97 Å². The maximum Gasteiger partial charge on any atom is 0.304 e. The largest absolute Gasteiger partial charge is 0.503 e. The van der Waals surface area contributed by atoms with E-state index in [1.165, 1.54) is 7.11 Å². The van der Waals surface area contributed by atoms with Gasteiger partial charge in [0.05, 0.1) is 18.0 Å². The summed E-state index contributed by atoms with van der Waals surface area (Å²) >= 11 is 3.28. The van der Waals surface area contributed by atoms with Gasteiger partial charge < -0.3 is 14.9 Å². The first-order valence-corrected chi connectivity index (χ1v) is 7.15. The van der Waals surface area contributed by atoms with E-state index >= 15 is 0 Å². The molecule has 1 aromatic carbocycles. The number of methoxy groups -OCH3 is 1. The summed E-state index contributed by atoms with van der Waals surface area (Å²) in [4.78, 5) is 12.8. The van der Waals surface area contributed by atoms with Gasteiger partial charge in [-0.3, -0.25) is 9.69 Å². The topological polar surface area (TPSA) is 70.0 Å². The zero-order chi connectivity index (χ0) is 15.3. The molecule has 1 aromatic rings. The van der Waals surface area contributed by atoms with Gasteiger partial charge in [0.1, 0.15) is 0 Å². The van der Waals surface area contributed by atoms with Crippen LogP contribution in [-0.4, -0.2) is 40.8 Å². The molecule has 0 fully saturated rings. The maximum absolute atomic E-state index is 10.7. The highest BCUT2D eigenvalue weighted by atomic mass is 79.9. The van der Waals surface area contributed by atoms with E-state index in [-0.39, 0.29) is 18.2 Å². The fraction of sp³-hybridized carbons (Fsp3) is 0.500. The number of carbonyl (C=O) groups is 1. The predicted molar refractivity (Wildman–Crippen MR) is 80.2 cm³/mol. The first-order valence-electron chi connectivity index (χ1n) is 6.36. The van der Waals surface area contributed by atoms with E-state index < -0.39 is 5.97 Å². The summed E-state index contributed by atoms with van der Waals surface area (Å²) in [5, 5.41) is 18.6. The fourth-order valence-corrected chi connectivity index (χ4v) is 2.36. The van der Waals surface area contributed by atoms with Gasteiger partial charge in [0.2, 0.25) is 0 Å². The van der Waals surface area contributed by atoms with E-state index in [9.17, 15) is 9.90 Å². The standard InChI is InChI=1S/C14H20BrNO4/c1-9(2)16(5-4-13(17)18)8-10-6-11(15)14(19)12(7-10)20-3/h6-7,9,19H,4-5,8H2,1-3H3,(H,17,18). The smallest absolute Gasteiger partial charge is 0.304 e. The van der Waals surface area contributed by atoms with Crippen molar-refractivity contribution in [1.82, 2.24) is 4.90 Å². The molecular formula is C14H20BrNO4. The average molecular weight is 346 g/mol. The third-order valence-corrected chi connectivity index (χ3v) is 3.64. The number of hydrogen-bond donors (Lipinski definition) is 2. The Hall–Kier alpha value is -1.27. The van der Waals surface area contributed by atoms with E-state index in [4.69, 9.17) is 9.84 Å². The molecule has 112 valence electrons. The van der Waals surface area contributed by atoms with Crippen LogP contribution < -0.4 is 4.74 Å². The molecule has 0 aliphatic rings. The number of nitrogens with zero attached hydrogens (tertiary/aromatic N) is 1. The van der Waals surface area contributed by atoms with Crippen molar-refractivity contribution in [2.45, 2.75) is 32.9 Å². The van der Waals surface area contributed by atoms with Crippen molar-refractivity contribution in [3.63, 3.8) is 0 Å². The van der Waals surface area contributed by atoms with Gasteiger partial charge in [-0.1, -0.05) is 0 Å². The van der Waals surface area contributed by atoms with Gasteiger partial charge in [-0.25, -0.2) is 0 Å².